The number of amides is 3. The van der Waals surface area contributed by atoms with Crippen molar-refractivity contribution in [1.29, 1.82) is 0 Å². The number of rotatable bonds is 24. The lowest BCUT2D eigenvalue weighted by molar-refractivity contribution is -0.121. The number of aromatic amines is 1. The first kappa shape index (κ1) is 49.5. The highest BCUT2D eigenvalue weighted by Gasteiger charge is 2.21. The van der Waals surface area contributed by atoms with E-state index in [-0.39, 0.29) is 30.1 Å². The Hall–Kier alpha value is -6.56. The van der Waals surface area contributed by atoms with Crippen LogP contribution in [0.15, 0.2) is 151 Å². The largest absolute Gasteiger partial charge is 0.494 e. The fourth-order valence-corrected chi connectivity index (χ4v) is 7.17. The van der Waals surface area contributed by atoms with Gasteiger partial charge in [0.1, 0.15) is 0 Å². The Morgan fingerprint density at radius 1 is 0.723 bits per heavy atom. The Morgan fingerprint density at radius 3 is 1.92 bits per heavy atom. The molecule has 0 bridgehead atoms. The Labute approximate surface area is 385 Å². The van der Waals surface area contributed by atoms with Crippen LogP contribution in [-0.4, -0.2) is 103 Å². The Morgan fingerprint density at radius 2 is 1.31 bits per heavy atom. The zero-order valence-electron chi connectivity index (χ0n) is 38.4. The van der Waals surface area contributed by atoms with E-state index in [1.54, 1.807) is 30.1 Å². The van der Waals surface area contributed by atoms with Gasteiger partial charge in [0.2, 0.25) is 11.8 Å². The number of nitrogens with one attached hydrogen (secondary N) is 3. The zero-order valence-corrected chi connectivity index (χ0v) is 38.4. The number of allylic oxidation sites excluding steroid dienone is 12. The summed E-state index contributed by atoms with van der Waals surface area (Å²) >= 11 is 0. The van der Waals surface area contributed by atoms with Gasteiger partial charge in [0.25, 0.3) is 5.91 Å². The number of anilines is 1. The van der Waals surface area contributed by atoms with Gasteiger partial charge in [-0.15, -0.1) is 0 Å². The third-order valence-electron chi connectivity index (χ3n) is 11.0. The van der Waals surface area contributed by atoms with Crippen LogP contribution in [0.25, 0.3) is 10.9 Å². The molecule has 3 aromatic carbocycles. The van der Waals surface area contributed by atoms with Crippen molar-refractivity contribution < 1.29 is 19.5 Å². The molecule has 0 unspecified atom stereocenters. The van der Waals surface area contributed by atoms with E-state index in [2.05, 4.69) is 106 Å². The van der Waals surface area contributed by atoms with E-state index >= 15 is 0 Å². The van der Waals surface area contributed by atoms with Crippen molar-refractivity contribution in [1.82, 2.24) is 25.4 Å². The molecule has 0 aliphatic carbocycles. The second-order valence-electron chi connectivity index (χ2n) is 16.0. The molecule has 65 heavy (non-hydrogen) atoms. The quantitative estimate of drug-likeness (QED) is 0.0315. The van der Waals surface area contributed by atoms with E-state index in [0.717, 1.165) is 76.0 Å². The molecule has 5 rings (SSSR count). The van der Waals surface area contributed by atoms with Crippen LogP contribution in [-0.2, 0) is 9.59 Å². The molecule has 0 radical (unpaired) electrons. The van der Waals surface area contributed by atoms with Crippen LogP contribution < -0.4 is 15.5 Å². The molecule has 1 aliphatic heterocycles. The molecule has 342 valence electrons. The van der Waals surface area contributed by atoms with Gasteiger partial charge in [0.05, 0.1) is 23.5 Å². The maximum Gasteiger partial charge on any atom is 0.251 e. The molecule has 1 aromatic heterocycles. The molecular weight excluding hydrogens is 811 g/mol. The van der Waals surface area contributed by atoms with Crippen LogP contribution in [0.5, 0.6) is 5.88 Å². The molecule has 1 fully saturated rings. The predicted octanol–water partition coefficient (Wildman–Crippen LogP) is 9.58. The fourth-order valence-electron chi connectivity index (χ4n) is 7.17. The summed E-state index contributed by atoms with van der Waals surface area (Å²) in [6, 6.07) is 22.3. The van der Waals surface area contributed by atoms with Gasteiger partial charge < -0.3 is 30.5 Å². The van der Waals surface area contributed by atoms with E-state index in [0.29, 0.717) is 59.4 Å². The number of hydrogen-bond acceptors (Lipinski definition) is 7. The molecule has 11 heteroatoms. The van der Waals surface area contributed by atoms with Crippen LogP contribution in [0.1, 0.15) is 79.8 Å². The number of H-pyrrole nitrogens is 1. The van der Waals surface area contributed by atoms with Gasteiger partial charge in [0.15, 0.2) is 5.88 Å². The molecule has 1 saturated heterocycles. The van der Waals surface area contributed by atoms with Gasteiger partial charge in [-0.05, 0) is 88.4 Å². The van der Waals surface area contributed by atoms with Gasteiger partial charge in [-0.25, -0.2) is 4.99 Å². The molecule has 1 aliphatic rings. The molecular formula is C54H67N7O4. The van der Waals surface area contributed by atoms with Crippen molar-refractivity contribution in [2.24, 2.45) is 4.99 Å². The topological polar surface area (TPSA) is 133 Å². The minimum Gasteiger partial charge on any atom is -0.494 e. The first-order valence-corrected chi connectivity index (χ1v) is 22.9. The van der Waals surface area contributed by atoms with Crippen LogP contribution in [0.3, 0.4) is 0 Å². The van der Waals surface area contributed by atoms with Crippen molar-refractivity contribution in [3.05, 3.63) is 162 Å². The number of aliphatic imine (C=N–C) groups is 1. The highest BCUT2D eigenvalue weighted by Crippen LogP contribution is 2.32. The maximum atomic E-state index is 13.1. The van der Waals surface area contributed by atoms with Crippen molar-refractivity contribution in [3.63, 3.8) is 0 Å². The summed E-state index contributed by atoms with van der Waals surface area (Å²) < 4.78 is 0. The van der Waals surface area contributed by atoms with Crippen LogP contribution >= 0.6 is 0 Å². The van der Waals surface area contributed by atoms with Crippen molar-refractivity contribution >= 4 is 45.7 Å². The van der Waals surface area contributed by atoms with E-state index < -0.39 is 0 Å². The second-order valence-corrected chi connectivity index (χ2v) is 16.0. The number of benzene rings is 3. The normalized spacial score (nSPS) is 14.4. The minimum absolute atomic E-state index is 0.0303. The maximum absolute atomic E-state index is 13.1. The number of fused-ring (bicyclic) bond motifs is 1. The standard InChI is InChI=1S/C54H67N7O4/c1-4-5-6-7-8-9-10-11-12-13-14-15-16-17-18-19-20-21-25-28-49(62)55-35-36-56-53(64)44-29-34-47-48(41-44)58-54(65)51(47)52(43-26-23-22-24-27-43)57-45-30-32-46(33-31-45)60(3)50(63)42-61-39-37-59(2)38-40-61/h5-6,8-9,11-12,14-15,17-18,20-24,26-27,29-34,41,58,65H,4,7,10,13,16,19,25,28,35-40,42H2,1-3H3,(H,55,62)(H,56,64)/b6-5-,9-8-,12-11-,15-14-,18-17-,21-20-,57-52?. The Bertz CT molecular complexity index is 2330. The molecule has 4 N–H and O–H groups in total. The SMILES string of the molecule is CC/C=C\C/C=C\C/C=C\C/C=C\C/C=C\C/C=C\CCC(=O)NCCNC(=O)c1ccc2c(C(=Nc3ccc(N(C)C(=O)CN4CCN(C)CC4)cc3)c3ccccc3)c(O)[nH]c2c1. The fraction of sp³-hybridized carbons (Fsp3) is 0.333. The van der Waals surface area contributed by atoms with E-state index in [9.17, 15) is 19.5 Å². The van der Waals surface area contributed by atoms with E-state index in [1.807, 2.05) is 60.7 Å². The molecule has 3 amide bonds. The van der Waals surface area contributed by atoms with Gasteiger partial charge >= 0.3 is 0 Å². The number of aromatic hydroxyl groups is 1. The summed E-state index contributed by atoms with van der Waals surface area (Å²) in [6.07, 6.45) is 32.7. The average Bonchev–Trinajstić information content (AvgIpc) is 3.65. The summed E-state index contributed by atoms with van der Waals surface area (Å²) in [6.45, 7) is 6.74. The molecule has 4 aromatic rings. The summed E-state index contributed by atoms with van der Waals surface area (Å²) in [5, 5.41) is 17.7. The third-order valence-corrected chi connectivity index (χ3v) is 11.0. The lowest BCUT2D eigenvalue weighted by Crippen LogP contribution is -2.48. The Balaban J connectivity index is 1.05. The number of carbonyl (C=O) groups excluding carboxylic acids is 3. The monoisotopic (exact) mass is 878 g/mol. The lowest BCUT2D eigenvalue weighted by atomic mass is 10.00. The average molecular weight is 878 g/mol. The number of hydrogen-bond donors (Lipinski definition) is 4. The van der Waals surface area contributed by atoms with Gasteiger partial charge in [-0.1, -0.05) is 116 Å². The molecule has 0 atom stereocenters. The highest BCUT2D eigenvalue weighted by molar-refractivity contribution is 6.22. The summed E-state index contributed by atoms with van der Waals surface area (Å²) in [4.78, 5) is 52.8. The number of likely N-dealkylation sites (N-methyl/N-ethyl adjacent to an activating group) is 2. The molecule has 11 nitrogen and oxygen atoms in total. The summed E-state index contributed by atoms with van der Waals surface area (Å²) in [5.74, 6) is -0.403. The lowest BCUT2D eigenvalue weighted by Gasteiger charge is -2.32. The smallest absolute Gasteiger partial charge is 0.251 e. The number of aromatic nitrogens is 1. The Kier molecular flexibility index (Phi) is 21.0. The molecule has 0 spiro atoms. The minimum atomic E-state index is -0.293. The highest BCUT2D eigenvalue weighted by atomic mass is 16.3. The van der Waals surface area contributed by atoms with Gasteiger partial charge in [0, 0.05) is 80.5 Å². The van der Waals surface area contributed by atoms with Crippen molar-refractivity contribution in [2.75, 3.05) is 64.8 Å². The van der Waals surface area contributed by atoms with Gasteiger partial charge in [-0.2, -0.15) is 0 Å². The summed E-state index contributed by atoms with van der Waals surface area (Å²) in [5.41, 5.74) is 4.27. The van der Waals surface area contributed by atoms with Crippen molar-refractivity contribution in [3.8, 4) is 5.88 Å². The van der Waals surface area contributed by atoms with E-state index in [4.69, 9.17) is 4.99 Å². The number of nitrogens with zero attached hydrogens (tertiary/aromatic N) is 4. The molecule has 2 heterocycles. The summed E-state index contributed by atoms with van der Waals surface area (Å²) in [7, 11) is 3.89. The van der Waals surface area contributed by atoms with Crippen LogP contribution in [0.4, 0.5) is 11.4 Å². The number of carbonyl (C=O) groups is 3. The van der Waals surface area contributed by atoms with Crippen LogP contribution in [0.2, 0.25) is 0 Å². The zero-order chi connectivity index (χ0) is 46.1. The van der Waals surface area contributed by atoms with E-state index in [1.165, 1.54) is 0 Å². The first-order valence-electron chi connectivity index (χ1n) is 22.9. The van der Waals surface area contributed by atoms with Gasteiger partial charge in [-0.3, -0.25) is 19.3 Å². The first-order chi connectivity index (χ1) is 31.7. The number of piperazine rings is 1. The molecule has 0 saturated carbocycles. The van der Waals surface area contributed by atoms with Crippen LogP contribution in [0, 0.1) is 0 Å². The third kappa shape index (κ3) is 16.8. The second kappa shape index (κ2) is 27.6. The predicted molar refractivity (Wildman–Crippen MR) is 268 cm³/mol. The van der Waals surface area contributed by atoms with Crippen molar-refractivity contribution in [2.45, 2.75) is 58.3 Å².